The molecule has 1 amide bonds. The molecule has 7 heteroatoms. The molecule has 2 aliphatic heterocycles. The topological polar surface area (TPSA) is 83.7 Å². The van der Waals surface area contributed by atoms with Crippen LogP contribution < -0.4 is 5.73 Å². The second-order valence-electron chi connectivity index (χ2n) is 9.55. The molecule has 1 aliphatic carbocycles. The summed E-state index contributed by atoms with van der Waals surface area (Å²) in [5, 5.41) is 0. The van der Waals surface area contributed by atoms with Gasteiger partial charge in [-0.3, -0.25) is 9.69 Å². The van der Waals surface area contributed by atoms with E-state index in [-0.39, 0.29) is 5.91 Å². The van der Waals surface area contributed by atoms with Gasteiger partial charge >= 0.3 is 0 Å². The minimum atomic E-state index is -3.17. The minimum Gasteiger partial charge on any atom is -0.366 e. The molecule has 1 aromatic rings. The Kier molecular flexibility index (Phi) is 6.51. The van der Waals surface area contributed by atoms with Gasteiger partial charge in [0.15, 0.2) is 0 Å². The third-order valence-electron chi connectivity index (χ3n) is 7.54. The molecule has 0 radical (unpaired) electrons. The Morgan fingerprint density at radius 1 is 1.13 bits per heavy atom. The Morgan fingerprint density at radius 2 is 1.80 bits per heavy atom. The van der Waals surface area contributed by atoms with E-state index < -0.39 is 10.0 Å². The predicted octanol–water partition coefficient (Wildman–Crippen LogP) is 2.95. The molecule has 2 saturated heterocycles. The number of piperidine rings is 1. The number of hydrogen-bond acceptors (Lipinski definition) is 4. The zero-order valence-electron chi connectivity index (χ0n) is 18.0. The highest BCUT2D eigenvalue weighted by Crippen LogP contribution is 2.43. The van der Waals surface area contributed by atoms with Crippen molar-refractivity contribution < 1.29 is 13.2 Å². The summed E-state index contributed by atoms with van der Waals surface area (Å²) < 4.78 is 26.5. The van der Waals surface area contributed by atoms with Crippen LogP contribution in [0.3, 0.4) is 0 Å². The number of carbonyl (C=O) groups is 1. The number of nitrogens with two attached hydrogens (primary N) is 1. The molecular formula is C23H35N3O3S. The van der Waals surface area contributed by atoms with E-state index in [2.05, 4.69) is 11.0 Å². The molecule has 3 fully saturated rings. The molecule has 2 unspecified atom stereocenters. The van der Waals surface area contributed by atoms with E-state index in [9.17, 15) is 13.2 Å². The number of carbonyl (C=O) groups excluding carboxylic acids is 1. The molecule has 2 atom stereocenters. The highest BCUT2D eigenvalue weighted by Gasteiger charge is 2.41. The zero-order valence-corrected chi connectivity index (χ0v) is 18.8. The molecule has 2 N–H and O–H groups in total. The summed E-state index contributed by atoms with van der Waals surface area (Å²) in [6.07, 6.45) is 10.6. The fourth-order valence-corrected chi connectivity index (χ4v) is 6.85. The molecule has 2 heterocycles. The minimum absolute atomic E-state index is 0.375. The van der Waals surface area contributed by atoms with Crippen LogP contribution >= 0.6 is 0 Å². The van der Waals surface area contributed by atoms with Crippen LogP contribution in [-0.4, -0.2) is 61.5 Å². The molecule has 0 aromatic heterocycles. The summed E-state index contributed by atoms with van der Waals surface area (Å²) in [6.45, 7) is 2.11. The molecule has 2 bridgehead atoms. The molecule has 30 heavy (non-hydrogen) atoms. The van der Waals surface area contributed by atoms with Crippen LogP contribution in [0.15, 0.2) is 24.3 Å². The number of sulfonamides is 1. The van der Waals surface area contributed by atoms with Crippen LogP contribution in [0.1, 0.15) is 73.2 Å². The van der Waals surface area contributed by atoms with Gasteiger partial charge in [-0.2, -0.15) is 0 Å². The maximum atomic E-state index is 12.4. The van der Waals surface area contributed by atoms with E-state index in [1.807, 2.05) is 12.1 Å². The van der Waals surface area contributed by atoms with Crippen LogP contribution in [0.2, 0.25) is 0 Å². The third-order valence-corrected chi connectivity index (χ3v) is 8.81. The summed E-state index contributed by atoms with van der Waals surface area (Å²) in [5.74, 6) is 0.600. The highest BCUT2D eigenvalue weighted by molar-refractivity contribution is 7.88. The quantitative estimate of drug-likeness (QED) is 0.683. The van der Waals surface area contributed by atoms with Crippen LogP contribution in [0.25, 0.3) is 0 Å². The van der Waals surface area contributed by atoms with Crippen molar-refractivity contribution in [3.05, 3.63) is 35.4 Å². The summed E-state index contributed by atoms with van der Waals surface area (Å²) in [7, 11) is -3.17. The molecule has 1 saturated carbocycles. The van der Waals surface area contributed by atoms with Gasteiger partial charge in [0.05, 0.1) is 6.26 Å². The van der Waals surface area contributed by atoms with Crippen LogP contribution in [-0.2, 0) is 10.0 Å². The fourth-order valence-electron chi connectivity index (χ4n) is 5.96. The molecule has 1 aromatic carbocycles. The lowest BCUT2D eigenvalue weighted by atomic mass is 9.84. The Hall–Kier alpha value is -1.44. The molecule has 6 nitrogen and oxygen atoms in total. The summed E-state index contributed by atoms with van der Waals surface area (Å²) in [4.78, 5) is 14.1. The molecule has 0 spiro atoms. The third kappa shape index (κ3) is 4.89. The predicted molar refractivity (Wildman–Crippen MR) is 119 cm³/mol. The zero-order chi connectivity index (χ0) is 21.3. The number of primary amides is 1. The Morgan fingerprint density at radius 3 is 2.40 bits per heavy atom. The molecular weight excluding hydrogens is 398 g/mol. The Labute approximate surface area is 180 Å². The number of nitrogens with zero attached hydrogens (tertiary/aromatic N) is 2. The number of rotatable bonds is 8. The summed E-state index contributed by atoms with van der Waals surface area (Å²) in [6, 6.07) is 8.77. The van der Waals surface area contributed by atoms with E-state index >= 15 is 0 Å². The number of hydrogen-bond donors (Lipinski definition) is 1. The Bertz CT molecular complexity index is 852. The lowest BCUT2D eigenvalue weighted by Gasteiger charge is -2.40. The first-order chi connectivity index (χ1) is 14.3. The van der Waals surface area contributed by atoms with Gasteiger partial charge < -0.3 is 5.73 Å². The first-order valence-electron chi connectivity index (χ1n) is 11.4. The van der Waals surface area contributed by atoms with Crippen molar-refractivity contribution >= 4 is 15.9 Å². The van der Waals surface area contributed by atoms with Crippen LogP contribution in [0, 0.1) is 5.92 Å². The average molecular weight is 434 g/mol. The first-order valence-corrected chi connectivity index (χ1v) is 13.3. The average Bonchev–Trinajstić information content (AvgIpc) is 3.29. The van der Waals surface area contributed by atoms with E-state index in [4.69, 9.17) is 5.73 Å². The Balaban J connectivity index is 1.38. The van der Waals surface area contributed by atoms with Gasteiger partial charge in [0.2, 0.25) is 15.9 Å². The lowest BCUT2D eigenvalue weighted by Crippen LogP contribution is -2.47. The second kappa shape index (κ2) is 8.97. The van der Waals surface area contributed by atoms with E-state index in [1.165, 1.54) is 37.5 Å². The maximum Gasteiger partial charge on any atom is 0.248 e. The van der Waals surface area contributed by atoms with E-state index in [1.54, 1.807) is 10.4 Å². The smallest absolute Gasteiger partial charge is 0.248 e. The van der Waals surface area contributed by atoms with Crippen molar-refractivity contribution in [2.24, 2.45) is 11.7 Å². The summed E-state index contributed by atoms with van der Waals surface area (Å²) in [5.41, 5.74) is 7.25. The highest BCUT2D eigenvalue weighted by atomic mass is 32.2. The SMILES string of the molecule is CS(=O)(=O)N(CCN1C2CCC1CC(c1cccc(C(N)=O)c1)C2)CC1CCCC1. The number of amides is 1. The number of fused-ring (bicyclic) bond motifs is 2. The molecule has 4 rings (SSSR count). The van der Waals surface area contributed by atoms with Crippen molar-refractivity contribution in [1.82, 2.24) is 9.21 Å². The second-order valence-corrected chi connectivity index (χ2v) is 11.5. The standard InChI is InChI=1S/C23H35N3O3S/c1-30(28,29)25(16-17-5-2-3-6-17)11-12-26-21-9-10-22(26)15-20(14-21)18-7-4-8-19(13-18)23(24)27/h4,7-8,13,17,20-22H,2-3,5-6,9-12,14-16H2,1H3,(H2,24,27). The van der Waals surface area contributed by atoms with Gasteiger partial charge in [-0.1, -0.05) is 25.0 Å². The van der Waals surface area contributed by atoms with Gasteiger partial charge in [-0.15, -0.1) is 0 Å². The monoisotopic (exact) mass is 433 g/mol. The van der Waals surface area contributed by atoms with Gasteiger partial charge in [0, 0.05) is 37.3 Å². The molecule has 3 aliphatic rings. The number of benzene rings is 1. The van der Waals surface area contributed by atoms with E-state index in [0.29, 0.717) is 42.6 Å². The van der Waals surface area contributed by atoms with Crippen molar-refractivity contribution in [1.29, 1.82) is 0 Å². The summed E-state index contributed by atoms with van der Waals surface area (Å²) >= 11 is 0. The van der Waals surface area contributed by atoms with Gasteiger partial charge in [-0.05, 0) is 68.1 Å². The van der Waals surface area contributed by atoms with Crippen molar-refractivity contribution in [3.8, 4) is 0 Å². The normalized spacial score (nSPS) is 27.7. The van der Waals surface area contributed by atoms with Crippen LogP contribution in [0.5, 0.6) is 0 Å². The maximum absolute atomic E-state index is 12.4. The van der Waals surface area contributed by atoms with Crippen LogP contribution in [0.4, 0.5) is 0 Å². The van der Waals surface area contributed by atoms with Crippen molar-refractivity contribution in [2.45, 2.75) is 69.4 Å². The van der Waals surface area contributed by atoms with Crippen molar-refractivity contribution in [3.63, 3.8) is 0 Å². The van der Waals surface area contributed by atoms with E-state index in [0.717, 1.165) is 32.2 Å². The first kappa shape index (κ1) is 21.8. The van der Waals surface area contributed by atoms with Gasteiger partial charge in [0.25, 0.3) is 0 Å². The van der Waals surface area contributed by atoms with Crippen molar-refractivity contribution in [2.75, 3.05) is 25.9 Å². The fraction of sp³-hybridized carbons (Fsp3) is 0.696. The largest absolute Gasteiger partial charge is 0.366 e. The lowest BCUT2D eigenvalue weighted by molar-refractivity contribution is 0.0999. The van der Waals surface area contributed by atoms with Gasteiger partial charge in [-0.25, -0.2) is 12.7 Å². The van der Waals surface area contributed by atoms with Gasteiger partial charge in [0.1, 0.15) is 0 Å². The molecule has 166 valence electrons.